The molecule has 2 aromatic heterocycles. The van der Waals surface area contributed by atoms with Crippen molar-refractivity contribution in [1.29, 1.82) is 0 Å². The SMILES string of the molecule is Clc1ccc2c(c1)sc1c(-c3ccccc3)c3ccccc3n12. The number of hydrogen-bond acceptors (Lipinski definition) is 1. The fourth-order valence-corrected chi connectivity index (χ4v) is 4.81. The molecule has 0 fully saturated rings. The van der Waals surface area contributed by atoms with Gasteiger partial charge in [-0.05, 0) is 29.8 Å². The van der Waals surface area contributed by atoms with Gasteiger partial charge in [0.05, 0.1) is 15.7 Å². The van der Waals surface area contributed by atoms with Crippen molar-refractivity contribution in [2.45, 2.75) is 0 Å². The lowest BCUT2D eigenvalue weighted by atomic mass is 10.1. The van der Waals surface area contributed by atoms with Gasteiger partial charge >= 0.3 is 0 Å². The maximum Gasteiger partial charge on any atom is 0.109 e. The van der Waals surface area contributed by atoms with Crippen LogP contribution in [0.3, 0.4) is 0 Å². The number of benzene rings is 3. The normalized spacial score (nSPS) is 11.7. The minimum Gasteiger partial charge on any atom is -0.299 e. The van der Waals surface area contributed by atoms with Crippen molar-refractivity contribution in [2.75, 3.05) is 0 Å². The van der Waals surface area contributed by atoms with Gasteiger partial charge in [0.15, 0.2) is 0 Å². The van der Waals surface area contributed by atoms with Crippen molar-refractivity contribution >= 4 is 48.9 Å². The summed E-state index contributed by atoms with van der Waals surface area (Å²) >= 11 is 7.99. The first-order chi connectivity index (χ1) is 11.3. The fourth-order valence-electron chi connectivity index (χ4n) is 3.29. The van der Waals surface area contributed by atoms with E-state index in [4.69, 9.17) is 11.6 Å². The van der Waals surface area contributed by atoms with Crippen LogP contribution >= 0.6 is 22.9 Å². The Kier molecular flexibility index (Phi) is 2.78. The molecular weight excluding hydrogens is 322 g/mol. The smallest absolute Gasteiger partial charge is 0.109 e. The average molecular weight is 334 g/mol. The first-order valence-corrected chi connectivity index (χ1v) is 8.69. The summed E-state index contributed by atoms with van der Waals surface area (Å²) in [5, 5.41) is 2.08. The monoisotopic (exact) mass is 333 g/mol. The molecule has 0 saturated heterocycles. The lowest BCUT2D eigenvalue weighted by Crippen LogP contribution is -1.79. The summed E-state index contributed by atoms with van der Waals surface area (Å²) in [4.78, 5) is 1.27. The number of para-hydroxylation sites is 1. The zero-order valence-electron chi connectivity index (χ0n) is 12.2. The number of nitrogens with zero attached hydrogens (tertiary/aromatic N) is 1. The molecule has 3 aromatic carbocycles. The molecule has 5 rings (SSSR count). The van der Waals surface area contributed by atoms with Gasteiger partial charge < -0.3 is 0 Å². The lowest BCUT2D eigenvalue weighted by molar-refractivity contribution is 1.37. The van der Waals surface area contributed by atoms with Gasteiger partial charge in [-0.25, -0.2) is 0 Å². The summed E-state index contributed by atoms with van der Waals surface area (Å²) in [5.41, 5.74) is 5.02. The van der Waals surface area contributed by atoms with Gasteiger partial charge in [0.25, 0.3) is 0 Å². The zero-order chi connectivity index (χ0) is 15.4. The zero-order valence-corrected chi connectivity index (χ0v) is 13.7. The second-order valence-electron chi connectivity index (χ2n) is 5.61. The molecule has 5 aromatic rings. The molecule has 0 saturated carbocycles. The van der Waals surface area contributed by atoms with E-state index < -0.39 is 0 Å². The number of rotatable bonds is 1. The van der Waals surface area contributed by atoms with Gasteiger partial charge in [-0.3, -0.25) is 4.40 Å². The first-order valence-electron chi connectivity index (χ1n) is 7.49. The van der Waals surface area contributed by atoms with E-state index in [0.717, 1.165) is 5.02 Å². The van der Waals surface area contributed by atoms with Gasteiger partial charge in [-0.2, -0.15) is 0 Å². The molecule has 1 nitrogen and oxygen atoms in total. The third-order valence-corrected chi connectivity index (χ3v) is 5.63. The maximum atomic E-state index is 6.19. The van der Waals surface area contributed by atoms with Crippen LogP contribution in [-0.4, -0.2) is 4.40 Å². The van der Waals surface area contributed by atoms with Crippen LogP contribution in [-0.2, 0) is 0 Å². The molecule has 0 N–H and O–H groups in total. The van der Waals surface area contributed by atoms with Gasteiger partial charge in [0.2, 0.25) is 0 Å². The molecule has 0 aliphatic carbocycles. The van der Waals surface area contributed by atoms with E-state index in [1.54, 1.807) is 11.3 Å². The van der Waals surface area contributed by atoms with E-state index in [1.165, 1.54) is 37.1 Å². The standard InChI is InChI=1S/C20H12ClNS/c21-14-10-11-17-18(12-14)23-20-19(13-6-2-1-3-7-13)15-8-4-5-9-16(15)22(17)20/h1-12H. The van der Waals surface area contributed by atoms with Crippen molar-refractivity contribution in [1.82, 2.24) is 4.40 Å². The molecule has 0 spiro atoms. The molecular formula is C20H12ClNS. The lowest BCUT2D eigenvalue weighted by Gasteiger charge is -1.99. The van der Waals surface area contributed by atoms with Crippen LogP contribution < -0.4 is 0 Å². The third kappa shape index (κ3) is 1.86. The third-order valence-electron chi connectivity index (χ3n) is 4.26. The largest absolute Gasteiger partial charge is 0.299 e. The minimum absolute atomic E-state index is 0.785. The number of fused-ring (bicyclic) bond motifs is 5. The topological polar surface area (TPSA) is 4.41 Å². The fraction of sp³-hybridized carbons (Fsp3) is 0. The van der Waals surface area contributed by atoms with Crippen molar-refractivity contribution in [3.8, 4) is 11.1 Å². The van der Waals surface area contributed by atoms with E-state index in [2.05, 4.69) is 71.1 Å². The minimum atomic E-state index is 0.785. The van der Waals surface area contributed by atoms with E-state index >= 15 is 0 Å². The molecule has 0 aliphatic rings. The molecule has 3 heteroatoms. The molecule has 0 amide bonds. The summed E-state index contributed by atoms with van der Waals surface area (Å²) in [6, 6.07) is 25.3. The number of hydrogen-bond donors (Lipinski definition) is 0. The maximum absolute atomic E-state index is 6.19. The highest BCUT2D eigenvalue weighted by Gasteiger charge is 2.17. The Morgan fingerprint density at radius 1 is 0.783 bits per heavy atom. The highest BCUT2D eigenvalue weighted by molar-refractivity contribution is 7.24. The molecule has 0 atom stereocenters. The summed E-state index contributed by atoms with van der Waals surface area (Å²) in [6.45, 7) is 0. The molecule has 0 unspecified atom stereocenters. The van der Waals surface area contributed by atoms with Crippen molar-refractivity contribution in [2.24, 2.45) is 0 Å². The van der Waals surface area contributed by atoms with E-state index in [1.807, 2.05) is 6.07 Å². The van der Waals surface area contributed by atoms with Gasteiger partial charge in [-0.1, -0.05) is 60.1 Å². The second-order valence-corrected chi connectivity index (χ2v) is 7.08. The van der Waals surface area contributed by atoms with Crippen molar-refractivity contribution in [3.63, 3.8) is 0 Å². The Morgan fingerprint density at radius 2 is 1.57 bits per heavy atom. The Bertz CT molecular complexity index is 1170. The molecule has 110 valence electrons. The summed E-state index contributed by atoms with van der Waals surface area (Å²) in [6.07, 6.45) is 0. The molecule has 2 heterocycles. The van der Waals surface area contributed by atoms with Crippen LogP contribution in [0, 0.1) is 0 Å². The second kappa shape index (κ2) is 4.85. The summed E-state index contributed by atoms with van der Waals surface area (Å²) in [7, 11) is 0. The first kappa shape index (κ1) is 13.2. The van der Waals surface area contributed by atoms with E-state index in [9.17, 15) is 0 Å². The Balaban J connectivity index is 2.04. The van der Waals surface area contributed by atoms with Gasteiger partial charge in [0, 0.05) is 16.0 Å². The molecule has 0 radical (unpaired) electrons. The van der Waals surface area contributed by atoms with Gasteiger partial charge in [-0.15, -0.1) is 11.3 Å². The number of aromatic nitrogens is 1. The number of halogens is 1. The van der Waals surface area contributed by atoms with Crippen LogP contribution in [0.1, 0.15) is 0 Å². The van der Waals surface area contributed by atoms with Crippen molar-refractivity contribution in [3.05, 3.63) is 77.8 Å². The van der Waals surface area contributed by atoms with Crippen LogP contribution in [0.4, 0.5) is 0 Å². The van der Waals surface area contributed by atoms with Crippen LogP contribution in [0.15, 0.2) is 72.8 Å². The highest BCUT2D eigenvalue weighted by atomic mass is 35.5. The van der Waals surface area contributed by atoms with Crippen LogP contribution in [0.2, 0.25) is 5.02 Å². The highest BCUT2D eigenvalue weighted by Crippen LogP contribution is 2.42. The van der Waals surface area contributed by atoms with E-state index in [0.29, 0.717) is 0 Å². The summed E-state index contributed by atoms with van der Waals surface area (Å²) < 4.78 is 3.57. The molecule has 0 aliphatic heterocycles. The van der Waals surface area contributed by atoms with E-state index in [-0.39, 0.29) is 0 Å². The van der Waals surface area contributed by atoms with Crippen LogP contribution in [0.25, 0.3) is 37.1 Å². The van der Waals surface area contributed by atoms with Crippen LogP contribution in [0.5, 0.6) is 0 Å². The number of thiazole rings is 1. The Labute approximate surface area is 142 Å². The predicted molar refractivity (Wildman–Crippen MR) is 101 cm³/mol. The Hall–Kier alpha value is -2.29. The molecule has 23 heavy (non-hydrogen) atoms. The van der Waals surface area contributed by atoms with Gasteiger partial charge in [0.1, 0.15) is 4.83 Å². The predicted octanol–water partition coefficient (Wildman–Crippen LogP) is 6.63. The van der Waals surface area contributed by atoms with Crippen molar-refractivity contribution < 1.29 is 0 Å². The molecule has 0 bridgehead atoms. The average Bonchev–Trinajstić information content (AvgIpc) is 3.09. The summed E-state index contributed by atoms with van der Waals surface area (Å²) in [5.74, 6) is 0. The Morgan fingerprint density at radius 3 is 2.43 bits per heavy atom. The quantitative estimate of drug-likeness (QED) is 0.324.